The highest BCUT2D eigenvalue weighted by Gasteiger charge is 2.32. The Labute approximate surface area is 186 Å². The first-order chi connectivity index (χ1) is 15.7. The number of ether oxygens (including phenoxy) is 1. The summed E-state index contributed by atoms with van der Waals surface area (Å²) >= 11 is 0. The number of aromatic amines is 1. The number of aromatic nitrogens is 4. The fourth-order valence-corrected chi connectivity index (χ4v) is 3.38. The summed E-state index contributed by atoms with van der Waals surface area (Å²) in [5.74, 6) is -0.137. The van der Waals surface area contributed by atoms with Crippen molar-refractivity contribution in [3.63, 3.8) is 0 Å². The molecule has 8 nitrogen and oxygen atoms in total. The van der Waals surface area contributed by atoms with Gasteiger partial charge in [-0.2, -0.15) is 5.10 Å². The second-order valence-electron chi connectivity index (χ2n) is 7.28. The molecule has 1 aromatic carbocycles. The number of carbonyl (C=O) groups excluding carboxylic acids is 1. The third-order valence-electron chi connectivity index (χ3n) is 4.82. The molecule has 3 aromatic heterocycles. The topological polar surface area (TPSA) is 105 Å². The molecule has 0 aliphatic carbocycles. The van der Waals surface area contributed by atoms with Crippen molar-refractivity contribution in [3.05, 3.63) is 66.1 Å². The monoisotopic (exact) mass is 456 g/mol. The highest BCUT2D eigenvalue weighted by atomic mass is 19.4. The van der Waals surface area contributed by atoms with Crippen molar-refractivity contribution in [1.82, 2.24) is 25.5 Å². The van der Waals surface area contributed by atoms with Crippen molar-refractivity contribution >= 4 is 22.8 Å². The number of rotatable bonds is 5. The van der Waals surface area contributed by atoms with Gasteiger partial charge >= 0.3 is 12.4 Å². The number of pyridine rings is 2. The number of halogens is 3. The molecule has 0 radical (unpaired) electrons. The number of para-hydroxylation sites is 1. The zero-order valence-corrected chi connectivity index (χ0v) is 17.6. The predicted molar refractivity (Wildman–Crippen MR) is 116 cm³/mol. The molecule has 3 heterocycles. The molecule has 0 bridgehead atoms. The number of benzene rings is 1. The van der Waals surface area contributed by atoms with Crippen LogP contribution in [-0.4, -0.2) is 32.6 Å². The Bertz CT molecular complexity index is 1300. The first kappa shape index (κ1) is 22.1. The minimum atomic E-state index is -4.84. The van der Waals surface area contributed by atoms with Crippen LogP contribution in [0.5, 0.6) is 5.75 Å². The fourth-order valence-electron chi connectivity index (χ4n) is 3.38. The number of hydrogen-bond donors (Lipinski definition) is 3. The van der Waals surface area contributed by atoms with Gasteiger partial charge in [-0.1, -0.05) is 18.2 Å². The first-order valence-electron chi connectivity index (χ1n) is 9.89. The van der Waals surface area contributed by atoms with E-state index in [1.54, 1.807) is 31.5 Å². The predicted octanol–water partition coefficient (Wildman–Crippen LogP) is 5.11. The first-order valence-corrected chi connectivity index (χ1v) is 9.89. The third-order valence-corrected chi connectivity index (χ3v) is 4.82. The zero-order chi connectivity index (χ0) is 23.6. The summed E-state index contributed by atoms with van der Waals surface area (Å²) in [5, 5.41) is 13.2. The van der Waals surface area contributed by atoms with Gasteiger partial charge in [0.25, 0.3) is 0 Å². The van der Waals surface area contributed by atoms with Crippen LogP contribution in [0.1, 0.15) is 24.2 Å². The van der Waals surface area contributed by atoms with Crippen LogP contribution >= 0.6 is 0 Å². The van der Waals surface area contributed by atoms with Crippen molar-refractivity contribution in [2.75, 3.05) is 5.32 Å². The number of H-pyrrole nitrogens is 1. The Morgan fingerprint density at radius 1 is 1.15 bits per heavy atom. The van der Waals surface area contributed by atoms with Crippen LogP contribution in [0.25, 0.3) is 22.2 Å². The Kier molecular flexibility index (Phi) is 5.86. The second-order valence-corrected chi connectivity index (χ2v) is 7.28. The third kappa shape index (κ3) is 5.20. The molecule has 3 N–H and O–H groups in total. The molecule has 2 amide bonds. The molecule has 170 valence electrons. The number of hydrogen-bond acceptors (Lipinski definition) is 5. The Hall–Kier alpha value is -4.15. The van der Waals surface area contributed by atoms with Gasteiger partial charge in [0.1, 0.15) is 17.3 Å². The Morgan fingerprint density at radius 3 is 2.70 bits per heavy atom. The van der Waals surface area contributed by atoms with Gasteiger partial charge < -0.3 is 10.1 Å². The lowest BCUT2D eigenvalue weighted by molar-refractivity contribution is -0.275. The smallest absolute Gasteiger partial charge is 0.405 e. The van der Waals surface area contributed by atoms with Gasteiger partial charge in [-0.05, 0) is 32.0 Å². The molecule has 4 rings (SSSR count). The minimum Gasteiger partial charge on any atom is -0.405 e. The van der Waals surface area contributed by atoms with E-state index in [0.717, 1.165) is 16.6 Å². The van der Waals surface area contributed by atoms with E-state index in [1.807, 2.05) is 19.1 Å². The largest absolute Gasteiger partial charge is 0.573 e. The van der Waals surface area contributed by atoms with Crippen molar-refractivity contribution in [3.8, 4) is 17.0 Å². The Morgan fingerprint density at radius 2 is 1.94 bits per heavy atom. The lowest BCUT2D eigenvalue weighted by Gasteiger charge is -2.19. The molecule has 1 unspecified atom stereocenters. The second kappa shape index (κ2) is 8.77. The molecule has 0 spiro atoms. The van der Waals surface area contributed by atoms with Crippen LogP contribution in [0, 0.1) is 6.92 Å². The van der Waals surface area contributed by atoms with Crippen molar-refractivity contribution in [2.45, 2.75) is 26.3 Å². The average molecular weight is 456 g/mol. The number of amides is 2. The van der Waals surface area contributed by atoms with E-state index in [1.165, 1.54) is 18.2 Å². The number of alkyl halides is 3. The number of anilines is 1. The molecule has 0 saturated heterocycles. The molecule has 11 heteroatoms. The van der Waals surface area contributed by atoms with Crippen LogP contribution in [0.4, 0.5) is 23.8 Å². The van der Waals surface area contributed by atoms with E-state index in [4.69, 9.17) is 0 Å². The van der Waals surface area contributed by atoms with E-state index >= 15 is 0 Å². The number of urea groups is 1. The normalized spacial score (nSPS) is 12.4. The van der Waals surface area contributed by atoms with Crippen molar-refractivity contribution in [2.24, 2.45) is 0 Å². The standard InChI is InChI=1S/C22H19F3N6O2/c1-12-9-14(7-8-26-12)20-16-11-27-19(10-17(16)30-31-20)29-21(32)28-13(2)15-5-3-4-6-18(15)33-22(23,24)25/h3-11,13H,1-2H3,(H,30,31)(H2,27,28,29,32). The number of fused-ring (bicyclic) bond motifs is 1. The molecule has 0 saturated carbocycles. The average Bonchev–Trinajstić information content (AvgIpc) is 3.16. The molecule has 4 aromatic rings. The highest BCUT2D eigenvalue weighted by molar-refractivity contribution is 5.95. The number of carbonyl (C=O) groups is 1. The maximum absolute atomic E-state index is 12.7. The summed E-state index contributed by atoms with van der Waals surface area (Å²) < 4.78 is 42.0. The molecule has 0 aliphatic rings. The van der Waals surface area contributed by atoms with Crippen molar-refractivity contribution in [1.29, 1.82) is 0 Å². The van der Waals surface area contributed by atoms with E-state index in [-0.39, 0.29) is 17.1 Å². The zero-order valence-electron chi connectivity index (χ0n) is 17.6. The van der Waals surface area contributed by atoms with Crippen LogP contribution in [0.15, 0.2) is 54.9 Å². The van der Waals surface area contributed by atoms with Gasteiger partial charge in [-0.25, -0.2) is 9.78 Å². The molecule has 0 aliphatic heterocycles. The van der Waals surface area contributed by atoms with Gasteiger partial charge in [0.15, 0.2) is 0 Å². The van der Waals surface area contributed by atoms with Gasteiger partial charge in [0, 0.05) is 40.7 Å². The maximum Gasteiger partial charge on any atom is 0.573 e. The van der Waals surface area contributed by atoms with Gasteiger partial charge in [0.2, 0.25) is 0 Å². The summed E-state index contributed by atoms with van der Waals surface area (Å²) in [5.41, 5.74) is 3.26. The summed E-state index contributed by atoms with van der Waals surface area (Å²) in [7, 11) is 0. The van der Waals surface area contributed by atoms with Crippen LogP contribution in [0.2, 0.25) is 0 Å². The fraction of sp³-hybridized carbons (Fsp3) is 0.182. The molecular weight excluding hydrogens is 437 g/mol. The lowest BCUT2D eigenvalue weighted by Crippen LogP contribution is -2.32. The molecule has 33 heavy (non-hydrogen) atoms. The van der Waals surface area contributed by atoms with E-state index in [9.17, 15) is 18.0 Å². The molecule has 1 atom stereocenters. The maximum atomic E-state index is 12.7. The summed E-state index contributed by atoms with van der Waals surface area (Å²) in [4.78, 5) is 20.9. The highest BCUT2D eigenvalue weighted by Crippen LogP contribution is 2.30. The molecule has 0 fully saturated rings. The Balaban J connectivity index is 1.47. The SMILES string of the molecule is Cc1cc(-c2n[nH]c3cc(NC(=O)NC(C)c4ccccc4OC(F)(F)F)ncc23)ccn1. The van der Waals surface area contributed by atoms with E-state index in [2.05, 4.69) is 35.5 Å². The summed E-state index contributed by atoms with van der Waals surface area (Å²) in [6, 6.07) is 9.57. The van der Waals surface area contributed by atoms with E-state index < -0.39 is 18.4 Å². The van der Waals surface area contributed by atoms with Gasteiger partial charge in [-0.3, -0.25) is 15.4 Å². The molecular formula is C22H19F3N6O2. The van der Waals surface area contributed by atoms with Crippen molar-refractivity contribution < 1.29 is 22.7 Å². The van der Waals surface area contributed by atoms with Gasteiger partial charge in [-0.15, -0.1) is 13.2 Å². The quantitative estimate of drug-likeness (QED) is 0.387. The van der Waals surface area contributed by atoms with Crippen LogP contribution < -0.4 is 15.4 Å². The van der Waals surface area contributed by atoms with Crippen LogP contribution in [0.3, 0.4) is 0 Å². The summed E-state index contributed by atoms with van der Waals surface area (Å²) in [6.45, 7) is 3.43. The van der Waals surface area contributed by atoms with Gasteiger partial charge in [0.05, 0.1) is 11.6 Å². The number of aryl methyl sites for hydroxylation is 1. The minimum absolute atomic E-state index is 0.180. The summed E-state index contributed by atoms with van der Waals surface area (Å²) in [6.07, 6.45) is -1.57. The number of nitrogens with one attached hydrogen (secondary N) is 3. The van der Waals surface area contributed by atoms with Crippen LogP contribution in [-0.2, 0) is 0 Å². The van der Waals surface area contributed by atoms with E-state index in [0.29, 0.717) is 11.2 Å². The number of nitrogens with zero attached hydrogens (tertiary/aromatic N) is 3. The lowest BCUT2D eigenvalue weighted by atomic mass is 10.1.